The second-order valence-corrected chi connectivity index (χ2v) is 5.68. The number of nitrogens with zero attached hydrogens (tertiary/aromatic N) is 6. The second-order valence-electron chi connectivity index (χ2n) is 5.68. The number of hydrogen-bond donors (Lipinski definition) is 4. The molecule has 144 valence electrons. The monoisotopic (exact) mass is 383 g/mol. The first-order valence-electron chi connectivity index (χ1n) is 8.39. The molecule has 4 rings (SSSR count). The van der Waals surface area contributed by atoms with Crippen LogP contribution < -0.4 is 25.4 Å². The van der Waals surface area contributed by atoms with Crippen LogP contribution in [-0.2, 0) is 6.61 Å². The zero-order valence-electron chi connectivity index (χ0n) is 14.9. The summed E-state index contributed by atoms with van der Waals surface area (Å²) in [4.78, 5) is 24.5. The van der Waals surface area contributed by atoms with E-state index in [0.29, 0.717) is 19.0 Å². The molecule has 1 aliphatic rings. The van der Waals surface area contributed by atoms with E-state index in [2.05, 4.69) is 45.9 Å². The van der Waals surface area contributed by atoms with Crippen molar-refractivity contribution >= 4 is 23.5 Å². The average Bonchev–Trinajstić information content (AvgIpc) is 2.69. The Labute approximate surface area is 159 Å². The van der Waals surface area contributed by atoms with Gasteiger partial charge in [-0.3, -0.25) is 0 Å². The Morgan fingerprint density at radius 1 is 0.964 bits per heavy atom. The van der Waals surface area contributed by atoms with Gasteiger partial charge in [-0.1, -0.05) is 12.1 Å². The van der Waals surface area contributed by atoms with Gasteiger partial charge in [0.1, 0.15) is 6.61 Å². The fourth-order valence-corrected chi connectivity index (χ4v) is 2.44. The van der Waals surface area contributed by atoms with Gasteiger partial charge in [0.15, 0.2) is 0 Å². The van der Waals surface area contributed by atoms with E-state index in [1.54, 1.807) is 0 Å². The minimum atomic E-state index is -0.389. The van der Waals surface area contributed by atoms with Crippen LogP contribution in [0.1, 0.15) is 5.56 Å². The number of nitrogens with one attached hydrogen (secondary N) is 3. The number of aromatic hydroxyl groups is 1. The minimum absolute atomic E-state index is 0.143. The van der Waals surface area contributed by atoms with Crippen LogP contribution in [0, 0.1) is 0 Å². The molecule has 0 aliphatic carbocycles. The van der Waals surface area contributed by atoms with Gasteiger partial charge in [0.2, 0.25) is 17.8 Å². The van der Waals surface area contributed by atoms with E-state index in [-0.39, 0.29) is 36.5 Å². The molecule has 0 amide bonds. The quantitative estimate of drug-likeness (QED) is 0.473. The van der Waals surface area contributed by atoms with Crippen molar-refractivity contribution in [1.82, 2.24) is 29.9 Å². The minimum Gasteiger partial charge on any atom is -0.479 e. The van der Waals surface area contributed by atoms with Crippen molar-refractivity contribution in [3.8, 4) is 18.0 Å². The molecular formula is C16H17N9O3. The first-order valence-corrected chi connectivity index (χ1v) is 8.39. The number of hydrogen-bond acceptors (Lipinski definition) is 12. The lowest BCUT2D eigenvalue weighted by atomic mass is 10.2. The SMILES string of the molecule is COc1nc2nc(n1)OCc1cccc(c1)Nc1nc(O)nc(n1)NCCN2. The lowest BCUT2D eigenvalue weighted by molar-refractivity contribution is 0.271. The largest absolute Gasteiger partial charge is 0.479 e. The molecule has 12 nitrogen and oxygen atoms in total. The number of ether oxygens (including phenoxy) is 2. The molecule has 0 saturated carbocycles. The van der Waals surface area contributed by atoms with Crippen molar-refractivity contribution in [2.45, 2.75) is 6.61 Å². The van der Waals surface area contributed by atoms with Crippen LogP contribution >= 0.6 is 0 Å². The smallest absolute Gasteiger partial charge is 0.324 e. The van der Waals surface area contributed by atoms with Gasteiger partial charge < -0.3 is 30.5 Å². The lowest BCUT2D eigenvalue weighted by Gasteiger charge is -2.12. The van der Waals surface area contributed by atoms with E-state index in [0.717, 1.165) is 11.3 Å². The molecule has 0 saturated heterocycles. The van der Waals surface area contributed by atoms with E-state index in [9.17, 15) is 5.11 Å². The zero-order valence-corrected chi connectivity index (χ0v) is 14.9. The molecule has 12 heteroatoms. The number of aromatic nitrogens is 6. The highest BCUT2D eigenvalue weighted by Gasteiger charge is 2.10. The van der Waals surface area contributed by atoms with Gasteiger partial charge in [0.05, 0.1) is 7.11 Å². The summed E-state index contributed by atoms with van der Waals surface area (Å²) >= 11 is 0. The van der Waals surface area contributed by atoms with Crippen LogP contribution in [0.15, 0.2) is 24.3 Å². The van der Waals surface area contributed by atoms with Gasteiger partial charge in [0.25, 0.3) is 0 Å². The molecule has 0 atom stereocenters. The van der Waals surface area contributed by atoms with Crippen molar-refractivity contribution in [1.29, 1.82) is 0 Å². The average molecular weight is 383 g/mol. The normalized spacial score (nSPS) is 13.3. The molecule has 0 radical (unpaired) electrons. The lowest BCUT2D eigenvalue weighted by Crippen LogP contribution is -2.18. The van der Waals surface area contributed by atoms with Crippen molar-refractivity contribution in [2.75, 3.05) is 36.1 Å². The van der Waals surface area contributed by atoms with Gasteiger partial charge in [-0.05, 0) is 17.7 Å². The Morgan fingerprint density at radius 2 is 1.75 bits per heavy atom. The van der Waals surface area contributed by atoms with Crippen LogP contribution in [0.4, 0.5) is 23.5 Å². The highest BCUT2D eigenvalue weighted by atomic mass is 16.5. The summed E-state index contributed by atoms with van der Waals surface area (Å²) in [6.45, 7) is 1.11. The molecule has 28 heavy (non-hydrogen) atoms. The zero-order chi connectivity index (χ0) is 19.3. The summed E-state index contributed by atoms with van der Waals surface area (Å²) in [7, 11) is 1.47. The van der Waals surface area contributed by atoms with Gasteiger partial charge in [-0.25, -0.2) is 0 Å². The van der Waals surface area contributed by atoms with Crippen LogP contribution in [0.25, 0.3) is 0 Å². The van der Waals surface area contributed by atoms with Crippen molar-refractivity contribution in [3.63, 3.8) is 0 Å². The first kappa shape index (κ1) is 17.5. The Balaban J connectivity index is 1.67. The Morgan fingerprint density at radius 3 is 2.57 bits per heavy atom. The molecule has 1 aliphatic heterocycles. The maximum absolute atomic E-state index is 9.75. The van der Waals surface area contributed by atoms with E-state index < -0.39 is 0 Å². The standard InChI is InChI=1S/C16H17N9O3/c1-27-15-23-12-18-6-5-17-11-20-13(22-14(26)21-11)19-10-4-2-3-9(7-10)8-28-16(24-12)25-15/h2-4,7H,5-6,8H2,1H3,(H,18,23,24,25)(H3,17,19,20,21,22,26). The summed E-state index contributed by atoms with van der Waals surface area (Å²) in [5.41, 5.74) is 1.59. The number of benzene rings is 1. The van der Waals surface area contributed by atoms with Crippen molar-refractivity contribution < 1.29 is 14.6 Å². The van der Waals surface area contributed by atoms with Gasteiger partial charge >= 0.3 is 18.0 Å². The Bertz CT molecular complexity index is 985. The van der Waals surface area contributed by atoms with E-state index in [1.165, 1.54) is 7.11 Å². The van der Waals surface area contributed by atoms with Crippen LogP contribution in [-0.4, -0.2) is 55.2 Å². The third-order valence-electron chi connectivity index (χ3n) is 3.64. The Hall–Kier alpha value is -3.96. The van der Waals surface area contributed by atoms with Crippen LogP contribution in [0.5, 0.6) is 18.0 Å². The molecule has 3 heterocycles. The molecule has 2 aromatic heterocycles. The van der Waals surface area contributed by atoms with E-state index in [4.69, 9.17) is 9.47 Å². The molecule has 0 spiro atoms. The van der Waals surface area contributed by atoms with E-state index >= 15 is 0 Å². The molecule has 0 fully saturated rings. The fourth-order valence-electron chi connectivity index (χ4n) is 2.44. The summed E-state index contributed by atoms with van der Waals surface area (Å²) in [5.74, 6) is 0.760. The summed E-state index contributed by atoms with van der Waals surface area (Å²) in [5, 5.41) is 18.8. The van der Waals surface area contributed by atoms with E-state index in [1.807, 2.05) is 24.3 Å². The second kappa shape index (κ2) is 7.73. The van der Waals surface area contributed by atoms with Crippen molar-refractivity contribution in [2.24, 2.45) is 0 Å². The predicted molar refractivity (Wildman–Crippen MR) is 98.9 cm³/mol. The maximum Gasteiger partial charge on any atom is 0.324 e. The summed E-state index contributed by atoms with van der Waals surface area (Å²) in [6, 6.07) is 7.35. The fraction of sp³-hybridized carbons (Fsp3) is 0.250. The topological polar surface area (TPSA) is 152 Å². The molecule has 4 N–H and O–H groups in total. The third kappa shape index (κ3) is 4.23. The van der Waals surface area contributed by atoms with Crippen LogP contribution in [0.3, 0.4) is 0 Å². The molecule has 0 unspecified atom stereocenters. The predicted octanol–water partition coefficient (Wildman–Crippen LogP) is 0.931. The van der Waals surface area contributed by atoms with Crippen molar-refractivity contribution in [3.05, 3.63) is 29.8 Å². The highest BCUT2D eigenvalue weighted by Crippen LogP contribution is 2.19. The first-order chi connectivity index (χ1) is 13.7. The summed E-state index contributed by atoms with van der Waals surface area (Å²) < 4.78 is 10.8. The number of anilines is 4. The molecular weight excluding hydrogens is 366 g/mol. The molecule has 3 aromatic rings. The number of rotatable bonds is 1. The van der Waals surface area contributed by atoms with Gasteiger partial charge in [0, 0.05) is 18.8 Å². The molecule has 6 bridgehead atoms. The molecule has 1 aromatic carbocycles. The van der Waals surface area contributed by atoms with Crippen LogP contribution in [0.2, 0.25) is 0 Å². The van der Waals surface area contributed by atoms with Gasteiger partial charge in [-0.2, -0.15) is 24.9 Å². The number of fused-ring (bicyclic) bond motifs is 6. The highest BCUT2D eigenvalue weighted by molar-refractivity contribution is 5.55. The number of methoxy groups -OCH3 is 1. The maximum atomic E-state index is 9.75. The third-order valence-corrected chi connectivity index (χ3v) is 3.64. The summed E-state index contributed by atoms with van der Waals surface area (Å²) in [6.07, 6.45) is 0. The van der Waals surface area contributed by atoms with Gasteiger partial charge in [-0.15, -0.1) is 4.98 Å². The Kier molecular flexibility index (Phi) is 4.82.